The molecule has 1 aromatic carbocycles. The van der Waals surface area contributed by atoms with Gasteiger partial charge in [-0.05, 0) is 30.7 Å². The Morgan fingerprint density at radius 1 is 1.21 bits per heavy atom. The third-order valence-electron chi connectivity index (χ3n) is 3.11. The zero-order valence-electron chi connectivity index (χ0n) is 10.6. The van der Waals surface area contributed by atoms with Crippen molar-refractivity contribution in [3.05, 3.63) is 65.7 Å². The van der Waals surface area contributed by atoms with Crippen LogP contribution in [0.1, 0.15) is 21.8 Å². The number of aryl methyl sites for hydroxylation is 1. The van der Waals surface area contributed by atoms with Crippen LogP contribution in [-0.2, 0) is 6.42 Å². The first-order chi connectivity index (χ1) is 9.22. The van der Waals surface area contributed by atoms with Crippen molar-refractivity contribution in [2.45, 2.75) is 18.2 Å². The van der Waals surface area contributed by atoms with Gasteiger partial charge in [0.2, 0.25) is 0 Å². The van der Waals surface area contributed by atoms with E-state index in [2.05, 4.69) is 45.2 Å². The van der Waals surface area contributed by atoms with Gasteiger partial charge in [0.15, 0.2) is 0 Å². The largest absolute Gasteiger partial charge is 0.460 e. The van der Waals surface area contributed by atoms with Gasteiger partial charge in [-0.1, -0.05) is 40.2 Å². The van der Waals surface area contributed by atoms with Crippen LogP contribution >= 0.6 is 15.9 Å². The molecule has 0 fully saturated rings. The number of benzene rings is 1. The lowest BCUT2D eigenvalue weighted by Gasteiger charge is -2.06. The number of halogens is 1. The smallest absolute Gasteiger partial charge is 0.134 e. The van der Waals surface area contributed by atoms with E-state index < -0.39 is 0 Å². The number of hydrogen-bond donors (Lipinski definition) is 0. The molecule has 1 unspecified atom stereocenters. The van der Waals surface area contributed by atoms with E-state index in [0.717, 1.165) is 28.8 Å². The number of nitrogens with zero attached hydrogens (tertiary/aromatic N) is 1. The van der Waals surface area contributed by atoms with E-state index in [-0.39, 0.29) is 4.83 Å². The van der Waals surface area contributed by atoms with Crippen LogP contribution in [0, 0.1) is 6.92 Å². The summed E-state index contributed by atoms with van der Waals surface area (Å²) in [5.74, 6) is 0.948. The van der Waals surface area contributed by atoms with Gasteiger partial charge in [0.1, 0.15) is 11.3 Å². The maximum atomic E-state index is 5.85. The van der Waals surface area contributed by atoms with E-state index in [1.54, 1.807) is 0 Å². The van der Waals surface area contributed by atoms with Crippen molar-refractivity contribution in [2.75, 3.05) is 0 Å². The molecule has 2 aromatic heterocycles. The second kappa shape index (κ2) is 5.17. The summed E-state index contributed by atoms with van der Waals surface area (Å²) in [5.41, 5.74) is 3.17. The summed E-state index contributed by atoms with van der Waals surface area (Å²) >= 11 is 3.69. The fourth-order valence-corrected chi connectivity index (χ4v) is 2.62. The van der Waals surface area contributed by atoms with Crippen LogP contribution in [0.15, 0.2) is 53.1 Å². The predicted octanol–water partition coefficient (Wildman–Crippen LogP) is 4.81. The third-order valence-corrected chi connectivity index (χ3v) is 3.89. The maximum absolute atomic E-state index is 5.85. The Hall–Kier alpha value is -1.61. The van der Waals surface area contributed by atoms with Crippen LogP contribution in [0.5, 0.6) is 0 Å². The van der Waals surface area contributed by atoms with E-state index in [1.807, 2.05) is 31.3 Å². The standard InChI is InChI=1S/C16H14BrNO/c1-11-6-7-13(18-10-11)9-14(17)16-8-12-4-2-3-5-15(12)19-16/h2-8,10,14H,9H2,1H3. The van der Waals surface area contributed by atoms with E-state index in [1.165, 1.54) is 5.56 Å². The second-order valence-electron chi connectivity index (χ2n) is 4.69. The fraction of sp³-hybridized carbons (Fsp3) is 0.188. The molecule has 2 heterocycles. The van der Waals surface area contributed by atoms with Gasteiger partial charge in [-0.15, -0.1) is 0 Å². The number of para-hydroxylation sites is 1. The first kappa shape index (κ1) is 12.4. The van der Waals surface area contributed by atoms with Crippen LogP contribution in [0.3, 0.4) is 0 Å². The molecule has 2 nitrogen and oxygen atoms in total. The zero-order valence-corrected chi connectivity index (χ0v) is 12.2. The monoisotopic (exact) mass is 315 g/mol. The van der Waals surface area contributed by atoms with Gasteiger partial charge in [-0.3, -0.25) is 4.98 Å². The molecule has 0 radical (unpaired) electrons. The molecule has 0 saturated carbocycles. The summed E-state index contributed by atoms with van der Waals surface area (Å²) in [6.45, 7) is 2.04. The highest BCUT2D eigenvalue weighted by molar-refractivity contribution is 9.09. The average molecular weight is 316 g/mol. The molecule has 3 rings (SSSR count). The minimum absolute atomic E-state index is 0.148. The number of rotatable bonds is 3. The minimum atomic E-state index is 0.148. The Kier molecular flexibility index (Phi) is 3.38. The number of fused-ring (bicyclic) bond motifs is 1. The van der Waals surface area contributed by atoms with Gasteiger partial charge < -0.3 is 4.42 Å². The second-order valence-corrected chi connectivity index (χ2v) is 5.79. The molecule has 0 aliphatic rings. The van der Waals surface area contributed by atoms with Crippen LogP contribution < -0.4 is 0 Å². The lowest BCUT2D eigenvalue weighted by Crippen LogP contribution is -1.96. The number of aromatic nitrogens is 1. The van der Waals surface area contributed by atoms with Gasteiger partial charge in [0.25, 0.3) is 0 Å². The van der Waals surface area contributed by atoms with E-state index in [9.17, 15) is 0 Å². The molecule has 1 atom stereocenters. The number of furan rings is 1. The summed E-state index contributed by atoms with van der Waals surface area (Å²) in [7, 11) is 0. The summed E-state index contributed by atoms with van der Waals surface area (Å²) < 4.78 is 5.85. The summed E-state index contributed by atoms with van der Waals surface area (Å²) in [6, 6.07) is 14.3. The molecule has 0 N–H and O–H groups in total. The Balaban J connectivity index is 1.83. The molecular weight excluding hydrogens is 302 g/mol. The molecule has 0 saturated heterocycles. The Morgan fingerprint density at radius 3 is 2.79 bits per heavy atom. The predicted molar refractivity (Wildman–Crippen MR) is 80.6 cm³/mol. The van der Waals surface area contributed by atoms with Gasteiger partial charge in [0, 0.05) is 23.7 Å². The van der Waals surface area contributed by atoms with Crippen molar-refractivity contribution in [1.29, 1.82) is 0 Å². The summed E-state index contributed by atoms with van der Waals surface area (Å²) in [6.07, 6.45) is 2.72. The topological polar surface area (TPSA) is 26.0 Å². The van der Waals surface area contributed by atoms with Crippen LogP contribution in [0.2, 0.25) is 0 Å². The average Bonchev–Trinajstić information content (AvgIpc) is 2.85. The van der Waals surface area contributed by atoms with Crippen molar-refractivity contribution in [1.82, 2.24) is 4.98 Å². The van der Waals surface area contributed by atoms with Crippen molar-refractivity contribution in [2.24, 2.45) is 0 Å². The Morgan fingerprint density at radius 2 is 2.05 bits per heavy atom. The van der Waals surface area contributed by atoms with Crippen molar-refractivity contribution in [3.63, 3.8) is 0 Å². The van der Waals surface area contributed by atoms with Crippen molar-refractivity contribution in [3.8, 4) is 0 Å². The lowest BCUT2D eigenvalue weighted by atomic mass is 10.1. The molecule has 3 heteroatoms. The quantitative estimate of drug-likeness (QED) is 0.648. The van der Waals surface area contributed by atoms with Gasteiger partial charge in [0.05, 0.1) is 4.83 Å². The SMILES string of the molecule is Cc1ccc(CC(Br)c2cc3ccccc3o2)nc1. The summed E-state index contributed by atoms with van der Waals surface area (Å²) in [5, 5.41) is 1.14. The molecule has 3 aromatic rings. The first-order valence-corrected chi connectivity index (χ1v) is 7.18. The Bertz CT molecular complexity index is 654. The lowest BCUT2D eigenvalue weighted by molar-refractivity contribution is 0.544. The third kappa shape index (κ3) is 2.71. The first-order valence-electron chi connectivity index (χ1n) is 6.26. The number of hydrogen-bond acceptors (Lipinski definition) is 2. The van der Waals surface area contributed by atoms with Gasteiger partial charge in [-0.2, -0.15) is 0 Å². The molecule has 0 amide bonds. The zero-order chi connectivity index (χ0) is 13.2. The van der Waals surface area contributed by atoms with Crippen molar-refractivity contribution >= 4 is 26.9 Å². The van der Waals surface area contributed by atoms with Crippen LogP contribution in [0.4, 0.5) is 0 Å². The number of pyridine rings is 1. The molecule has 0 aliphatic heterocycles. The van der Waals surface area contributed by atoms with Gasteiger partial charge in [-0.25, -0.2) is 0 Å². The highest BCUT2D eigenvalue weighted by Gasteiger charge is 2.14. The maximum Gasteiger partial charge on any atom is 0.134 e. The molecular formula is C16H14BrNO. The molecule has 19 heavy (non-hydrogen) atoms. The molecule has 0 bridgehead atoms. The molecule has 0 spiro atoms. The van der Waals surface area contributed by atoms with E-state index >= 15 is 0 Å². The van der Waals surface area contributed by atoms with Crippen molar-refractivity contribution < 1.29 is 4.42 Å². The van der Waals surface area contributed by atoms with E-state index in [0.29, 0.717) is 0 Å². The number of alkyl halides is 1. The normalized spacial score (nSPS) is 12.7. The fourth-order valence-electron chi connectivity index (χ4n) is 2.06. The summed E-state index contributed by atoms with van der Waals surface area (Å²) in [4.78, 5) is 4.57. The van der Waals surface area contributed by atoms with Crippen LogP contribution in [0.25, 0.3) is 11.0 Å². The molecule has 96 valence electrons. The molecule has 0 aliphatic carbocycles. The Labute approximate surface area is 120 Å². The highest BCUT2D eigenvalue weighted by Crippen LogP contribution is 2.31. The van der Waals surface area contributed by atoms with Crippen LogP contribution in [-0.4, -0.2) is 4.98 Å². The minimum Gasteiger partial charge on any atom is -0.460 e. The highest BCUT2D eigenvalue weighted by atomic mass is 79.9. The van der Waals surface area contributed by atoms with Gasteiger partial charge >= 0.3 is 0 Å². The van der Waals surface area contributed by atoms with E-state index in [4.69, 9.17) is 4.42 Å².